The van der Waals surface area contributed by atoms with Crippen molar-refractivity contribution < 1.29 is 4.42 Å². The van der Waals surface area contributed by atoms with Crippen LogP contribution in [-0.2, 0) is 0 Å². The predicted octanol–water partition coefficient (Wildman–Crippen LogP) is 13.8. The molecule has 0 bridgehead atoms. The molecule has 0 fully saturated rings. The van der Waals surface area contributed by atoms with Crippen molar-refractivity contribution in [1.82, 2.24) is 0 Å². The van der Waals surface area contributed by atoms with E-state index in [0.29, 0.717) is 12.3 Å². The van der Waals surface area contributed by atoms with Crippen LogP contribution >= 0.6 is 0 Å². The Hall–Kier alpha value is -7.10. The maximum atomic E-state index is 6.66. The molecule has 2 heterocycles. The number of rotatable bonds is 6. The zero-order chi connectivity index (χ0) is 36.7. The Morgan fingerprint density at radius 1 is 0.418 bits per heavy atom. The van der Waals surface area contributed by atoms with E-state index in [1.165, 1.54) is 21.9 Å². The summed E-state index contributed by atoms with van der Waals surface area (Å²) in [5, 5.41) is 4.69. The number of para-hydroxylation sites is 1. The first-order chi connectivity index (χ1) is 27.2. The van der Waals surface area contributed by atoms with Gasteiger partial charge < -0.3 is 4.42 Å². The molecule has 0 saturated heterocycles. The average molecular weight is 705 g/mol. The van der Waals surface area contributed by atoms with E-state index in [9.17, 15) is 0 Å². The Morgan fingerprint density at radius 2 is 1.00 bits per heavy atom. The van der Waals surface area contributed by atoms with Gasteiger partial charge in [-0.05, 0) is 63.2 Å². The van der Waals surface area contributed by atoms with Crippen LogP contribution in [0.5, 0.6) is 0 Å². The van der Waals surface area contributed by atoms with Crippen LogP contribution in [0.3, 0.4) is 0 Å². The summed E-state index contributed by atoms with van der Waals surface area (Å²) in [5.41, 5.74) is 14.8. The van der Waals surface area contributed by atoms with Gasteiger partial charge in [-0.1, -0.05) is 176 Å². The lowest BCUT2D eigenvalue weighted by Crippen LogP contribution is -2.07. The van der Waals surface area contributed by atoms with Crippen molar-refractivity contribution >= 4 is 50.0 Å². The maximum absolute atomic E-state index is 6.66. The average Bonchev–Trinajstić information content (AvgIpc) is 3.55. The highest BCUT2D eigenvalue weighted by atomic mass is 16.3. The summed E-state index contributed by atoms with van der Waals surface area (Å²) in [7, 11) is 0. The van der Waals surface area contributed by atoms with E-state index >= 15 is 0 Å². The Balaban J connectivity index is 1.11. The van der Waals surface area contributed by atoms with Gasteiger partial charge >= 0.3 is 0 Å². The van der Waals surface area contributed by atoms with Crippen LogP contribution in [0.4, 0.5) is 0 Å². The molecular weight excluding hydrogens is 669 g/mol. The summed E-state index contributed by atoms with van der Waals surface area (Å²) in [5.74, 6) is 0.703. The Labute approximate surface area is 320 Å². The normalized spacial score (nSPS) is 13.3. The summed E-state index contributed by atoms with van der Waals surface area (Å²) >= 11 is 0. The fourth-order valence-corrected chi connectivity index (χ4v) is 8.06. The van der Waals surface area contributed by atoms with Gasteiger partial charge in [-0.25, -0.2) is 9.98 Å². The minimum absolute atomic E-state index is 0.647. The highest BCUT2D eigenvalue weighted by Crippen LogP contribution is 2.43. The van der Waals surface area contributed by atoms with Crippen molar-refractivity contribution in [2.24, 2.45) is 9.98 Å². The first-order valence-electron chi connectivity index (χ1n) is 18.8. The summed E-state index contributed by atoms with van der Waals surface area (Å²) in [4.78, 5) is 10.8. The monoisotopic (exact) mass is 704 g/mol. The van der Waals surface area contributed by atoms with Crippen molar-refractivity contribution in [3.05, 3.63) is 210 Å². The largest absolute Gasteiger partial charge is 0.455 e. The van der Waals surface area contributed by atoms with Gasteiger partial charge in [0.2, 0.25) is 0 Å². The van der Waals surface area contributed by atoms with Gasteiger partial charge in [-0.3, -0.25) is 0 Å². The summed E-state index contributed by atoms with van der Waals surface area (Å²) in [6.45, 7) is 2.19. The minimum atomic E-state index is 0.647. The van der Waals surface area contributed by atoms with Crippen LogP contribution in [-0.4, -0.2) is 11.5 Å². The number of allylic oxidation sites excluding steroid dienone is 1. The molecule has 0 atom stereocenters. The molecule has 55 heavy (non-hydrogen) atoms. The van der Waals surface area contributed by atoms with E-state index in [-0.39, 0.29) is 0 Å². The Bertz CT molecular complexity index is 2980. The molecule has 0 saturated carbocycles. The second-order valence-corrected chi connectivity index (χ2v) is 14.1. The van der Waals surface area contributed by atoms with Crippen LogP contribution in [0.2, 0.25) is 0 Å². The molecule has 8 aromatic carbocycles. The highest BCUT2D eigenvalue weighted by Gasteiger charge is 2.23. The lowest BCUT2D eigenvalue weighted by atomic mass is 9.89. The molecule has 1 aromatic heterocycles. The van der Waals surface area contributed by atoms with Crippen molar-refractivity contribution in [2.45, 2.75) is 13.3 Å². The number of amidine groups is 1. The van der Waals surface area contributed by atoms with Crippen LogP contribution in [0.1, 0.15) is 30.0 Å². The molecule has 0 spiro atoms. The molecule has 1 aliphatic rings. The number of nitrogens with zero attached hydrogens (tertiary/aromatic N) is 2. The van der Waals surface area contributed by atoms with Gasteiger partial charge in [0.15, 0.2) is 5.84 Å². The third-order valence-electron chi connectivity index (χ3n) is 10.7. The smallest absolute Gasteiger partial charge is 0.160 e. The fraction of sp³-hybridized carbons (Fsp3) is 0.0385. The highest BCUT2D eigenvalue weighted by molar-refractivity contribution is 6.21. The fourth-order valence-electron chi connectivity index (χ4n) is 8.06. The van der Waals surface area contributed by atoms with Crippen molar-refractivity contribution in [2.75, 3.05) is 0 Å². The van der Waals surface area contributed by atoms with E-state index in [1.807, 2.05) is 18.2 Å². The number of hydrogen-bond donors (Lipinski definition) is 0. The summed E-state index contributed by atoms with van der Waals surface area (Å²) in [6.07, 6.45) is 0.647. The molecule has 1 aliphatic heterocycles. The topological polar surface area (TPSA) is 37.9 Å². The van der Waals surface area contributed by atoms with Gasteiger partial charge in [0.05, 0.1) is 11.4 Å². The van der Waals surface area contributed by atoms with E-state index in [0.717, 1.165) is 77.9 Å². The van der Waals surface area contributed by atoms with Crippen LogP contribution in [0.15, 0.2) is 208 Å². The first kappa shape index (κ1) is 32.5. The number of aliphatic imine (C=N–C) groups is 2. The third kappa shape index (κ3) is 5.87. The molecule has 0 amide bonds. The lowest BCUT2D eigenvalue weighted by Gasteiger charge is -2.15. The van der Waals surface area contributed by atoms with Crippen LogP contribution in [0, 0.1) is 0 Å². The third-order valence-corrected chi connectivity index (χ3v) is 10.7. The molecule has 0 aliphatic carbocycles. The van der Waals surface area contributed by atoms with Gasteiger partial charge in [0.25, 0.3) is 0 Å². The van der Waals surface area contributed by atoms with Crippen LogP contribution in [0.25, 0.3) is 71.8 Å². The van der Waals surface area contributed by atoms with Gasteiger partial charge in [-0.2, -0.15) is 0 Å². The summed E-state index contributed by atoms with van der Waals surface area (Å²) in [6, 6.07) is 66.2. The van der Waals surface area contributed by atoms with Gasteiger partial charge in [0.1, 0.15) is 11.2 Å². The number of fused-ring (bicyclic) bond motifs is 4. The molecule has 0 radical (unpaired) electrons. The summed E-state index contributed by atoms with van der Waals surface area (Å²) < 4.78 is 6.66. The van der Waals surface area contributed by atoms with Crippen molar-refractivity contribution in [1.29, 1.82) is 0 Å². The second-order valence-electron chi connectivity index (χ2n) is 14.1. The first-order valence-corrected chi connectivity index (χ1v) is 18.8. The zero-order valence-corrected chi connectivity index (χ0v) is 30.4. The van der Waals surface area contributed by atoms with Gasteiger partial charge in [0, 0.05) is 39.4 Å². The van der Waals surface area contributed by atoms with E-state index in [4.69, 9.17) is 14.4 Å². The maximum Gasteiger partial charge on any atom is 0.160 e. The lowest BCUT2D eigenvalue weighted by molar-refractivity contribution is 0.670. The van der Waals surface area contributed by atoms with E-state index < -0.39 is 0 Å². The quantitative estimate of drug-likeness (QED) is 0.170. The molecule has 0 unspecified atom stereocenters. The van der Waals surface area contributed by atoms with E-state index in [2.05, 4.69) is 177 Å². The standard InChI is InChI=1S/C52H36N2O/c1-34-33-47(44-23-11-10-22-43(44)45-32-31-42(36-15-4-2-5-16-36)51-49(45)46-24-12-13-26-48(46)55-51)53-52(39-18-6-3-7-19-39)54-50(34)38-29-27-37(28-30-38)41-25-14-20-35-17-8-9-21-40(35)41/h2-32H,33H2,1H3. The van der Waals surface area contributed by atoms with E-state index in [1.54, 1.807) is 0 Å². The number of hydrogen-bond acceptors (Lipinski definition) is 3. The molecule has 3 heteroatoms. The molecular formula is C52H36N2O. The molecule has 260 valence electrons. The van der Waals surface area contributed by atoms with Crippen molar-refractivity contribution in [3.8, 4) is 33.4 Å². The van der Waals surface area contributed by atoms with Gasteiger partial charge in [-0.15, -0.1) is 0 Å². The molecule has 10 rings (SSSR count). The molecule has 3 nitrogen and oxygen atoms in total. The molecule has 9 aromatic rings. The Kier molecular flexibility index (Phi) is 8.11. The van der Waals surface area contributed by atoms with Crippen LogP contribution < -0.4 is 0 Å². The zero-order valence-electron chi connectivity index (χ0n) is 30.4. The number of furan rings is 1. The second kappa shape index (κ2) is 13.7. The van der Waals surface area contributed by atoms with Crippen molar-refractivity contribution in [3.63, 3.8) is 0 Å². The Morgan fingerprint density at radius 3 is 1.80 bits per heavy atom. The molecule has 0 N–H and O–H groups in total. The minimum Gasteiger partial charge on any atom is -0.455 e. The predicted molar refractivity (Wildman–Crippen MR) is 231 cm³/mol. The SMILES string of the molecule is CC1=C(c2ccc(-c3cccc4ccccc34)cc2)N=C(c2ccccc2)N=C(c2ccccc2-c2ccc(-c3ccccc3)c3oc4ccccc4c23)C1. The number of benzene rings is 8.